The van der Waals surface area contributed by atoms with Gasteiger partial charge in [0.05, 0.1) is 12.7 Å². The molecular formula is C16H13ClF2O2. The lowest BCUT2D eigenvalue weighted by Gasteiger charge is -2.14. The molecule has 1 N–H and O–H groups in total. The third-order valence-electron chi connectivity index (χ3n) is 3.57. The summed E-state index contributed by atoms with van der Waals surface area (Å²) < 4.78 is 31.7. The Bertz CT molecular complexity index is 688. The van der Waals surface area contributed by atoms with Gasteiger partial charge in [-0.05, 0) is 41.0 Å². The molecule has 1 unspecified atom stereocenters. The van der Waals surface area contributed by atoms with Gasteiger partial charge in [-0.15, -0.1) is 0 Å². The highest BCUT2D eigenvalue weighted by Crippen LogP contribution is 2.35. The fourth-order valence-electron chi connectivity index (χ4n) is 2.54. The van der Waals surface area contributed by atoms with Crippen molar-refractivity contribution in [1.29, 1.82) is 0 Å². The van der Waals surface area contributed by atoms with Gasteiger partial charge in [0.15, 0.2) is 11.6 Å². The van der Waals surface area contributed by atoms with Crippen molar-refractivity contribution in [1.82, 2.24) is 0 Å². The SMILES string of the molecule is OC(Cc1cc(Cl)cc2c1OCC2)c1ccc(F)c(F)c1. The van der Waals surface area contributed by atoms with Crippen LogP contribution in [0.15, 0.2) is 30.3 Å². The molecule has 2 nitrogen and oxygen atoms in total. The molecule has 0 bridgehead atoms. The molecule has 0 spiro atoms. The van der Waals surface area contributed by atoms with E-state index in [2.05, 4.69) is 0 Å². The van der Waals surface area contributed by atoms with Crippen LogP contribution in [0.2, 0.25) is 5.02 Å². The molecule has 0 saturated carbocycles. The Morgan fingerprint density at radius 3 is 2.76 bits per heavy atom. The van der Waals surface area contributed by atoms with Crippen molar-refractivity contribution < 1.29 is 18.6 Å². The zero-order valence-corrected chi connectivity index (χ0v) is 11.8. The molecule has 110 valence electrons. The third kappa shape index (κ3) is 2.87. The highest BCUT2D eigenvalue weighted by molar-refractivity contribution is 6.30. The van der Waals surface area contributed by atoms with E-state index in [4.69, 9.17) is 16.3 Å². The number of fused-ring (bicyclic) bond motifs is 1. The van der Waals surface area contributed by atoms with Gasteiger partial charge < -0.3 is 9.84 Å². The number of rotatable bonds is 3. The van der Waals surface area contributed by atoms with Crippen molar-refractivity contribution in [2.45, 2.75) is 18.9 Å². The average molecular weight is 311 g/mol. The molecule has 1 atom stereocenters. The first-order valence-corrected chi connectivity index (χ1v) is 6.99. The predicted molar refractivity (Wildman–Crippen MR) is 75.7 cm³/mol. The van der Waals surface area contributed by atoms with Crippen LogP contribution in [0.3, 0.4) is 0 Å². The van der Waals surface area contributed by atoms with E-state index in [9.17, 15) is 13.9 Å². The number of hydrogen-bond donors (Lipinski definition) is 1. The molecule has 3 rings (SSSR count). The molecule has 2 aromatic carbocycles. The van der Waals surface area contributed by atoms with Crippen LogP contribution in [0.4, 0.5) is 8.78 Å². The molecule has 0 aliphatic carbocycles. The minimum absolute atomic E-state index is 0.230. The summed E-state index contributed by atoms with van der Waals surface area (Å²) in [6, 6.07) is 6.96. The summed E-state index contributed by atoms with van der Waals surface area (Å²) in [5, 5.41) is 10.8. The summed E-state index contributed by atoms with van der Waals surface area (Å²) in [5.41, 5.74) is 2.10. The molecule has 1 heterocycles. The Labute approximate surface area is 125 Å². The molecular weight excluding hydrogens is 298 g/mol. The lowest BCUT2D eigenvalue weighted by atomic mass is 9.98. The first kappa shape index (κ1) is 14.3. The Morgan fingerprint density at radius 1 is 1.19 bits per heavy atom. The molecule has 0 aromatic heterocycles. The van der Waals surface area contributed by atoms with Crippen LogP contribution in [0, 0.1) is 11.6 Å². The molecule has 0 fully saturated rings. The number of ether oxygens (including phenoxy) is 1. The minimum Gasteiger partial charge on any atom is -0.493 e. The lowest BCUT2D eigenvalue weighted by molar-refractivity contribution is 0.176. The lowest BCUT2D eigenvalue weighted by Crippen LogP contribution is -2.04. The number of hydrogen-bond acceptors (Lipinski definition) is 2. The monoisotopic (exact) mass is 310 g/mol. The molecule has 1 aliphatic heterocycles. The number of aliphatic hydroxyl groups excluding tert-OH is 1. The fraction of sp³-hybridized carbons (Fsp3) is 0.250. The van der Waals surface area contributed by atoms with Crippen molar-refractivity contribution in [2.75, 3.05) is 6.61 Å². The van der Waals surface area contributed by atoms with E-state index in [0.29, 0.717) is 17.2 Å². The van der Waals surface area contributed by atoms with Crippen LogP contribution in [0.25, 0.3) is 0 Å². The maximum Gasteiger partial charge on any atom is 0.159 e. The zero-order valence-electron chi connectivity index (χ0n) is 11.1. The van der Waals surface area contributed by atoms with Crippen LogP contribution in [0.1, 0.15) is 22.8 Å². The maximum atomic E-state index is 13.2. The van der Waals surface area contributed by atoms with Gasteiger partial charge in [0.2, 0.25) is 0 Å². The molecule has 0 amide bonds. The molecule has 5 heteroatoms. The van der Waals surface area contributed by atoms with Gasteiger partial charge >= 0.3 is 0 Å². The van der Waals surface area contributed by atoms with E-state index in [1.165, 1.54) is 6.07 Å². The number of halogens is 3. The highest BCUT2D eigenvalue weighted by Gasteiger charge is 2.20. The standard InChI is InChI=1S/C16H13ClF2O2/c17-12-5-10-3-4-21-16(10)11(6-12)8-15(20)9-1-2-13(18)14(19)7-9/h1-2,5-7,15,20H,3-4,8H2. The van der Waals surface area contributed by atoms with Gasteiger partial charge in [-0.1, -0.05) is 17.7 Å². The van der Waals surface area contributed by atoms with Crippen LogP contribution in [0.5, 0.6) is 5.75 Å². The second kappa shape index (κ2) is 5.62. The Hall–Kier alpha value is -1.65. The molecule has 1 aliphatic rings. The van der Waals surface area contributed by atoms with Crippen molar-refractivity contribution in [2.24, 2.45) is 0 Å². The highest BCUT2D eigenvalue weighted by atomic mass is 35.5. The third-order valence-corrected chi connectivity index (χ3v) is 3.79. The summed E-state index contributed by atoms with van der Waals surface area (Å²) in [7, 11) is 0. The maximum absolute atomic E-state index is 13.2. The zero-order chi connectivity index (χ0) is 15.0. The van der Waals surface area contributed by atoms with Gasteiger partial charge in [0.25, 0.3) is 0 Å². The van der Waals surface area contributed by atoms with Gasteiger partial charge in [0.1, 0.15) is 5.75 Å². The van der Waals surface area contributed by atoms with Crippen molar-refractivity contribution >= 4 is 11.6 Å². The molecule has 2 aromatic rings. The van der Waals surface area contributed by atoms with Crippen LogP contribution >= 0.6 is 11.6 Å². The van der Waals surface area contributed by atoms with Crippen LogP contribution in [-0.4, -0.2) is 11.7 Å². The Kier molecular flexibility index (Phi) is 3.83. The molecule has 21 heavy (non-hydrogen) atoms. The topological polar surface area (TPSA) is 29.5 Å². The van der Waals surface area contributed by atoms with E-state index in [1.54, 1.807) is 6.07 Å². The molecule has 0 radical (unpaired) electrons. The van der Waals surface area contributed by atoms with Crippen molar-refractivity contribution in [3.63, 3.8) is 0 Å². The fourth-order valence-corrected chi connectivity index (χ4v) is 2.81. The second-order valence-corrected chi connectivity index (χ2v) is 5.48. The predicted octanol–water partition coefficient (Wildman–Crippen LogP) is 3.83. The number of aliphatic hydroxyl groups is 1. The van der Waals surface area contributed by atoms with Crippen LogP contribution < -0.4 is 4.74 Å². The summed E-state index contributed by atoms with van der Waals surface area (Å²) in [4.78, 5) is 0. The van der Waals surface area contributed by atoms with Gasteiger partial charge in [-0.25, -0.2) is 8.78 Å². The largest absolute Gasteiger partial charge is 0.493 e. The van der Waals surface area contributed by atoms with E-state index in [-0.39, 0.29) is 6.42 Å². The summed E-state index contributed by atoms with van der Waals surface area (Å²) in [6.07, 6.45) is 0.0601. The van der Waals surface area contributed by atoms with E-state index in [0.717, 1.165) is 35.4 Å². The van der Waals surface area contributed by atoms with Crippen molar-refractivity contribution in [3.8, 4) is 5.75 Å². The quantitative estimate of drug-likeness (QED) is 0.933. The second-order valence-electron chi connectivity index (χ2n) is 5.05. The van der Waals surface area contributed by atoms with E-state index >= 15 is 0 Å². The van der Waals surface area contributed by atoms with E-state index in [1.807, 2.05) is 6.07 Å². The summed E-state index contributed by atoms with van der Waals surface area (Å²) in [6.45, 7) is 0.587. The minimum atomic E-state index is -0.973. The van der Waals surface area contributed by atoms with Gasteiger partial charge in [-0.3, -0.25) is 0 Å². The summed E-state index contributed by atoms with van der Waals surface area (Å²) in [5.74, 6) is -1.17. The Balaban J connectivity index is 1.88. The first-order chi connectivity index (χ1) is 10.0. The average Bonchev–Trinajstić information content (AvgIpc) is 2.90. The van der Waals surface area contributed by atoms with Crippen LogP contribution in [-0.2, 0) is 12.8 Å². The number of benzene rings is 2. The van der Waals surface area contributed by atoms with Gasteiger partial charge in [0, 0.05) is 17.9 Å². The first-order valence-electron chi connectivity index (χ1n) is 6.61. The van der Waals surface area contributed by atoms with E-state index < -0.39 is 17.7 Å². The molecule has 0 saturated heterocycles. The van der Waals surface area contributed by atoms with Gasteiger partial charge in [-0.2, -0.15) is 0 Å². The smallest absolute Gasteiger partial charge is 0.159 e. The normalized spacial score (nSPS) is 14.7. The summed E-state index contributed by atoms with van der Waals surface area (Å²) >= 11 is 6.06. The Morgan fingerprint density at radius 2 is 2.00 bits per heavy atom. The van der Waals surface area contributed by atoms with Crippen molar-refractivity contribution in [3.05, 3.63) is 63.7 Å².